The minimum atomic E-state index is 0.778. The SMILES string of the molecule is c1ccc(-n2c3ccccc3c3c(-c4ccc5c(c4)c4ncccc4n5-c4cc(-c5ccccn5)nc(-c5ccccn5)c4)cccc32)cc1. The predicted octanol–water partition coefficient (Wildman–Crippen LogP) is 10.5. The van der Waals surface area contributed by atoms with Crippen LogP contribution >= 0.6 is 0 Å². The summed E-state index contributed by atoms with van der Waals surface area (Å²) in [4.78, 5) is 19.2. The van der Waals surface area contributed by atoms with Crippen molar-refractivity contribution in [3.63, 3.8) is 0 Å². The third-order valence-corrected chi connectivity index (χ3v) is 9.47. The molecule has 0 aliphatic carbocycles. The van der Waals surface area contributed by atoms with Crippen LogP contribution in [0, 0.1) is 0 Å². The predicted molar refractivity (Wildman–Crippen MR) is 203 cm³/mol. The molecule has 10 rings (SSSR count). The summed E-state index contributed by atoms with van der Waals surface area (Å²) in [5.74, 6) is 0. The molecule has 6 heteroatoms. The number of rotatable bonds is 5. The second kappa shape index (κ2) is 11.4. The highest BCUT2D eigenvalue weighted by atomic mass is 15.0. The van der Waals surface area contributed by atoms with Crippen molar-refractivity contribution in [2.75, 3.05) is 0 Å². The molecule has 0 N–H and O–H groups in total. The summed E-state index contributed by atoms with van der Waals surface area (Å²) in [5, 5.41) is 3.54. The molecule has 50 heavy (non-hydrogen) atoms. The van der Waals surface area contributed by atoms with Gasteiger partial charge < -0.3 is 9.13 Å². The Hall–Kier alpha value is -6.92. The smallest absolute Gasteiger partial charge is 0.0963 e. The molecule has 0 saturated carbocycles. The molecule has 0 fully saturated rings. The molecule has 0 bridgehead atoms. The van der Waals surface area contributed by atoms with Crippen molar-refractivity contribution < 1.29 is 0 Å². The van der Waals surface area contributed by atoms with Crippen LogP contribution in [0.1, 0.15) is 0 Å². The summed E-state index contributed by atoms with van der Waals surface area (Å²) < 4.78 is 4.64. The first-order valence-electron chi connectivity index (χ1n) is 16.6. The molecule has 6 nitrogen and oxygen atoms in total. The second-order valence-electron chi connectivity index (χ2n) is 12.4. The van der Waals surface area contributed by atoms with Gasteiger partial charge in [0, 0.05) is 40.4 Å². The number of benzene rings is 4. The van der Waals surface area contributed by atoms with Gasteiger partial charge in [-0.25, -0.2) is 4.98 Å². The quantitative estimate of drug-likeness (QED) is 0.188. The number of para-hydroxylation sites is 2. The molecule has 0 amide bonds. The molecule has 0 aliphatic rings. The zero-order chi connectivity index (χ0) is 33.0. The molecule has 0 radical (unpaired) electrons. The molecule has 4 aromatic carbocycles. The fourth-order valence-corrected chi connectivity index (χ4v) is 7.33. The van der Waals surface area contributed by atoms with Crippen LogP contribution in [0.25, 0.3) is 89.0 Å². The lowest BCUT2D eigenvalue weighted by molar-refractivity contribution is 1.14. The van der Waals surface area contributed by atoms with Crippen LogP contribution in [0.3, 0.4) is 0 Å². The standard InChI is InChI=1S/C44H28N6/c1-2-12-30(13-3-1)49-39-18-5-4-14-33(39)43-32(15-10-19-41(43)49)29-21-22-40-34(26-29)44-42(20-11-25-47-44)50(40)31-27-37(35-16-6-8-23-45-35)48-38(28-31)36-17-7-9-24-46-36/h1-28H. The second-order valence-corrected chi connectivity index (χ2v) is 12.4. The van der Waals surface area contributed by atoms with Gasteiger partial charge in [0.2, 0.25) is 0 Å². The fourth-order valence-electron chi connectivity index (χ4n) is 7.33. The highest BCUT2D eigenvalue weighted by Gasteiger charge is 2.20. The Kier molecular flexibility index (Phi) is 6.39. The van der Waals surface area contributed by atoms with Gasteiger partial charge in [-0.15, -0.1) is 0 Å². The van der Waals surface area contributed by atoms with Crippen molar-refractivity contribution in [3.05, 3.63) is 170 Å². The van der Waals surface area contributed by atoms with Crippen molar-refractivity contribution in [2.24, 2.45) is 0 Å². The number of aromatic nitrogens is 6. The Bertz CT molecular complexity index is 2800. The van der Waals surface area contributed by atoms with E-state index in [2.05, 4.69) is 128 Å². The van der Waals surface area contributed by atoms with E-state index in [0.29, 0.717) is 0 Å². The summed E-state index contributed by atoms with van der Waals surface area (Å²) in [7, 11) is 0. The summed E-state index contributed by atoms with van der Waals surface area (Å²) >= 11 is 0. The van der Waals surface area contributed by atoms with E-state index in [-0.39, 0.29) is 0 Å². The number of pyridine rings is 4. The lowest BCUT2D eigenvalue weighted by Crippen LogP contribution is -1.99. The van der Waals surface area contributed by atoms with Gasteiger partial charge in [0.15, 0.2) is 0 Å². The van der Waals surface area contributed by atoms with E-state index in [1.807, 2.05) is 48.7 Å². The first-order valence-corrected chi connectivity index (χ1v) is 16.6. The lowest BCUT2D eigenvalue weighted by atomic mass is 9.98. The molecule has 0 aliphatic heterocycles. The van der Waals surface area contributed by atoms with Gasteiger partial charge in [0.05, 0.1) is 56.0 Å². The maximum absolute atomic E-state index is 5.02. The molecule has 6 heterocycles. The Balaban J connectivity index is 1.22. The van der Waals surface area contributed by atoms with E-state index in [1.165, 1.54) is 27.4 Å². The molecule has 234 valence electrons. The van der Waals surface area contributed by atoms with Crippen LogP contribution in [-0.2, 0) is 0 Å². The van der Waals surface area contributed by atoms with E-state index in [9.17, 15) is 0 Å². The van der Waals surface area contributed by atoms with Crippen LogP contribution in [0.4, 0.5) is 0 Å². The van der Waals surface area contributed by atoms with Crippen molar-refractivity contribution in [2.45, 2.75) is 0 Å². The highest BCUT2D eigenvalue weighted by Crippen LogP contribution is 2.41. The zero-order valence-corrected chi connectivity index (χ0v) is 26.8. The van der Waals surface area contributed by atoms with Crippen LogP contribution in [0.5, 0.6) is 0 Å². The van der Waals surface area contributed by atoms with Gasteiger partial charge in [0.25, 0.3) is 0 Å². The van der Waals surface area contributed by atoms with Crippen LogP contribution in [-0.4, -0.2) is 29.1 Å². The van der Waals surface area contributed by atoms with Crippen LogP contribution in [0.2, 0.25) is 0 Å². The van der Waals surface area contributed by atoms with Gasteiger partial charge in [-0.3, -0.25) is 15.0 Å². The average molecular weight is 641 g/mol. The first kappa shape index (κ1) is 28.1. The number of hydrogen-bond acceptors (Lipinski definition) is 4. The molecule has 0 unspecified atom stereocenters. The van der Waals surface area contributed by atoms with E-state index in [0.717, 1.165) is 61.7 Å². The topological polar surface area (TPSA) is 61.4 Å². The zero-order valence-electron chi connectivity index (χ0n) is 26.8. The highest BCUT2D eigenvalue weighted by molar-refractivity contribution is 6.17. The summed E-state index contributed by atoms with van der Waals surface area (Å²) in [5.41, 5.74) is 13.0. The third kappa shape index (κ3) is 4.43. The van der Waals surface area contributed by atoms with E-state index in [1.54, 1.807) is 12.4 Å². The maximum atomic E-state index is 5.02. The summed E-state index contributed by atoms with van der Waals surface area (Å²) in [6, 6.07) is 52.8. The molecule has 10 aromatic rings. The molecular formula is C44H28N6. The van der Waals surface area contributed by atoms with Crippen LogP contribution < -0.4 is 0 Å². The fraction of sp³-hybridized carbons (Fsp3) is 0. The third-order valence-electron chi connectivity index (χ3n) is 9.47. The molecule has 0 saturated heterocycles. The van der Waals surface area contributed by atoms with Gasteiger partial charge in [-0.05, 0) is 96.1 Å². The molecular weight excluding hydrogens is 613 g/mol. The van der Waals surface area contributed by atoms with Crippen molar-refractivity contribution in [1.29, 1.82) is 0 Å². The minimum Gasteiger partial charge on any atom is -0.309 e. The molecule has 0 atom stereocenters. The van der Waals surface area contributed by atoms with Crippen molar-refractivity contribution in [3.8, 4) is 45.3 Å². The monoisotopic (exact) mass is 640 g/mol. The molecule has 0 spiro atoms. The van der Waals surface area contributed by atoms with Gasteiger partial charge in [-0.2, -0.15) is 0 Å². The van der Waals surface area contributed by atoms with Gasteiger partial charge in [0.1, 0.15) is 0 Å². The van der Waals surface area contributed by atoms with Crippen molar-refractivity contribution in [1.82, 2.24) is 29.1 Å². The van der Waals surface area contributed by atoms with E-state index < -0.39 is 0 Å². The lowest BCUT2D eigenvalue weighted by Gasteiger charge is -2.13. The number of nitrogens with zero attached hydrogens (tertiary/aromatic N) is 6. The first-order chi connectivity index (χ1) is 24.8. The maximum Gasteiger partial charge on any atom is 0.0963 e. The Morgan fingerprint density at radius 1 is 0.380 bits per heavy atom. The average Bonchev–Trinajstić information content (AvgIpc) is 3.71. The molecule has 6 aromatic heterocycles. The summed E-state index contributed by atoms with van der Waals surface area (Å²) in [6.07, 6.45) is 5.47. The van der Waals surface area contributed by atoms with Gasteiger partial charge >= 0.3 is 0 Å². The van der Waals surface area contributed by atoms with Crippen LogP contribution in [0.15, 0.2) is 170 Å². The number of hydrogen-bond donors (Lipinski definition) is 0. The van der Waals surface area contributed by atoms with E-state index in [4.69, 9.17) is 9.97 Å². The number of fused-ring (bicyclic) bond motifs is 6. The van der Waals surface area contributed by atoms with E-state index >= 15 is 0 Å². The van der Waals surface area contributed by atoms with Crippen molar-refractivity contribution >= 4 is 43.7 Å². The summed E-state index contributed by atoms with van der Waals surface area (Å²) in [6.45, 7) is 0. The Morgan fingerprint density at radius 2 is 1.02 bits per heavy atom. The Morgan fingerprint density at radius 3 is 1.78 bits per heavy atom. The normalized spacial score (nSPS) is 11.6. The minimum absolute atomic E-state index is 0.778. The van der Waals surface area contributed by atoms with Gasteiger partial charge in [-0.1, -0.05) is 66.7 Å². The Labute approximate surface area is 287 Å². The largest absolute Gasteiger partial charge is 0.309 e.